The van der Waals surface area contributed by atoms with Crippen LogP contribution >= 0.6 is 34.9 Å². The summed E-state index contributed by atoms with van der Waals surface area (Å²) in [5.41, 5.74) is 5.50. The summed E-state index contributed by atoms with van der Waals surface area (Å²) < 4.78 is 3.97. The first-order valence-electron chi connectivity index (χ1n) is 16.2. The lowest BCUT2D eigenvalue weighted by molar-refractivity contribution is -0.178. The van der Waals surface area contributed by atoms with Crippen LogP contribution in [0.5, 0.6) is 11.5 Å². The van der Waals surface area contributed by atoms with Crippen molar-refractivity contribution in [1.29, 1.82) is 0 Å². The highest BCUT2D eigenvalue weighted by Gasteiger charge is 2.66. The molecular weight excluding hydrogens is 794 g/mol. The summed E-state index contributed by atoms with van der Waals surface area (Å²) >= 11 is 7.33. The average molecular weight is 824 g/mol. The van der Waals surface area contributed by atoms with Gasteiger partial charge >= 0.3 is 18.0 Å². The molecular formula is C30H30ClN9O13S2. The van der Waals surface area contributed by atoms with E-state index in [1.807, 2.05) is 0 Å². The number of nitrogen functional groups attached to an aromatic ring is 1. The summed E-state index contributed by atoms with van der Waals surface area (Å²) in [4.78, 5) is 112. The standard InChI is InChI=1S/C30H30ClN9O13S2/c31-17-12(2-3-14(41)20(17)45)19(44)22(46)33-7-4-16(43)35-40-9-8-39(28(40)52)30(26(50)51)11-38-23(47)13(24(38)54-30)10-15(42)18(21-34-27(32)55-37-21)36-53-29(25(48)49)5-1-6-29/h2-3,13,24,41,45H,1,4-11H2,(H,33,46)(H,35,43)(H,48,49)(H,50,51)(H2,32,34,37)/b36-18+/t13-,24-,30-/m1/s1. The number of phenolic OH excluding ortho intramolecular Hbond substituents is 2. The van der Waals surface area contributed by atoms with E-state index >= 15 is 0 Å². The molecule has 0 unspecified atom stereocenters. The first-order chi connectivity index (χ1) is 26.0. The lowest BCUT2D eigenvalue weighted by Gasteiger charge is -2.41. The monoisotopic (exact) mass is 823 g/mol. The van der Waals surface area contributed by atoms with Gasteiger partial charge in [-0.1, -0.05) is 28.5 Å². The molecule has 4 heterocycles. The van der Waals surface area contributed by atoms with Gasteiger partial charge in [0.25, 0.3) is 11.7 Å². The second-order valence-corrected chi connectivity index (χ2v) is 15.2. The van der Waals surface area contributed by atoms with Crippen molar-refractivity contribution in [3.8, 4) is 11.5 Å². The zero-order valence-corrected chi connectivity index (χ0v) is 30.5. The van der Waals surface area contributed by atoms with Crippen molar-refractivity contribution >= 4 is 93.0 Å². The van der Waals surface area contributed by atoms with Gasteiger partial charge < -0.3 is 41.2 Å². The molecule has 3 aliphatic heterocycles. The number of carboxylic acids is 2. The fourth-order valence-corrected chi connectivity index (χ4v) is 8.54. The summed E-state index contributed by atoms with van der Waals surface area (Å²) in [6.07, 6.45) is -0.0753. The number of phenols is 2. The summed E-state index contributed by atoms with van der Waals surface area (Å²) in [5, 5.41) is 44.6. The van der Waals surface area contributed by atoms with Crippen molar-refractivity contribution in [3.05, 3.63) is 28.5 Å². The number of nitrogens with zero attached hydrogens (tertiary/aromatic N) is 6. The topological polar surface area (TPSA) is 325 Å². The molecule has 0 radical (unpaired) electrons. The van der Waals surface area contributed by atoms with Gasteiger partial charge in [-0.2, -0.15) is 9.36 Å². The second-order valence-electron chi connectivity index (χ2n) is 12.7. The van der Waals surface area contributed by atoms with Gasteiger partial charge in [-0.3, -0.25) is 34.3 Å². The molecule has 25 heteroatoms. The lowest BCUT2D eigenvalue weighted by atomic mass is 9.80. The van der Waals surface area contributed by atoms with E-state index in [4.69, 9.17) is 22.2 Å². The number of aliphatic carboxylic acids is 2. The number of carbonyl (C=O) groups is 8. The number of benzene rings is 1. The smallest absolute Gasteiger partial charge is 0.350 e. The first-order valence-corrected chi connectivity index (χ1v) is 18.3. The fourth-order valence-electron chi connectivity index (χ4n) is 6.17. The maximum absolute atomic E-state index is 13.5. The lowest BCUT2D eigenvalue weighted by Crippen LogP contribution is -2.60. The number of urea groups is 1. The van der Waals surface area contributed by atoms with E-state index in [0.717, 1.165) is 45.3 Å². The second kappa shape index (κ2) is 14.8. The third-order valence-corrected chi connectivity index (χ3v) is 12.0. The molecule has 4 fully saturated rings. The number of rotatable bonds is 15. The van der Waals surface area contributed by atoms with Crippen molar-refractivity contribution in [2.75, 3.05) is 31.9 Å². The molecule has 1 aliphatic carbocycles. The van der Waals surface area contributed by atoms with Gasteiger partial charge in [-0.05, 0) is 18.6 Å². The van der Waals surface area contributed by atoms with Crippen LogP contribution in [0.25, 0.3) is 0 Å². The minimum Gasteiger partial charge on any atom is -0.504 e. The van der Waals surface area contributed by atoms with Crippen LogP contribution in [-0.2, 0) is 33.6 Å². The highest BCUT2D eigenvalue weighted by Crippen LogP contribution is 2.53. The van der Waals surface area contributed by atoms with Gasteiger partial charge in [0.05, 0.1) is 35.0 Å². The fraction of sp³-hybridized carbons (Fsp3) is 0.433. The number of β-lactam (4-membered cyclic amide) rings is 1. The molecule has 6 rings (SSSR count). The Bertz CT molecular complexity index is 2060. The Morgan fingerprint density at radius 1 is 1.09 bits per heavy atom. The zero-order chi connectivity index (χ0) is 40.0. The zero-order valence-electron chi connectivity index (χ0n) is 28.1. The van der Waals surface area contributed by atoms with E-state index in [1.165, 1.54) is 4.90 Å². The van der Waals surface area contributed by atoms with Gasteiger partial charge in [-0.25, -0.2) is 19.4 Å². The van der Waals surface area contributed by atoms with Gasteiger partial charge in [0.2, 0.25) is 28.1 Å². The van der Waals surface area contributed by atoms with E-state index in [1.54, 1.807) is 0 Å². The maximum atomic E-state index is 13.5. The van der Waals surface area contributed by atoms with Crippen LogP contribution in [0.3, 0.4) is 0 Å². The van der Waals surface area contributed by atoms with Crippen molar-refractivity contribution in [2.45, 2.75) is 47.9 Å². The van der Waals surface area contributed by atoms with Crippen LogP contribution in [0, 0.1) is 5.92 Å². The van der Waals surface area contributed by atoms with Crippen LogP contribution in [0.15, 0.2) is 17.3 Å². The van der Waals surface area contributed by atoms with E-state index in [9.17, 15) is 58.8 Å². The normalized spacial score (nSPS) is 22.7. The quantitative estimate of drug-likeness (QED) is 0.0293. The summed E-state index contributed by atoms with van der Waals surface area (Å²) in [7, 11) is 0. The summed E-state index contributed by atoms with van der Waals surface area (Å²) in [6, 6.07) is 1.08. The van der Waals surface area contributed by atoms with E-state index in [0.29, 0.717) is 6.42 Å². The van der Waals surface area contributed by atoms with Crippen molar-refractivity contribution in [2.24, 2.45) is 11.1 Å². The molecule has 2 aromatic rings. The number of carbonyl (C=O) groups excluding carboxylic acids is 6. The Morgan fingerprint density at radius 2 is 1.82 bits per heavy atom. The number of aromatic hydroxyl groups is 2. The number of hydrogen-bond donors (Lipinski definition) is 7. The number of carboxylic acid groups (broad SMARTS) is 2. The van der Waals surface area contributed by atoms with Gasteiger partial charge in [0.15, 0.2) is 28.1 Å². The highest BCUT2D eigenvalue weighted by atomic mass is 35.5. The van der Waals surface area contributed by atoms with E-state index < -0.39 is 116 Å². The number of hydrazine groups is 1. The molecule has 1 aromatic heterocycles. The third-order valence-electron chi connectivity index (χ3n) is 9.36. The van der Waals surface area contributed by atoms with Crippen molar-refractivity contribution in [3.63, 3.8) is 0 Å². The molecule has 292 valence electrons. The largest absolute Gasteiger partial charge is 0.504 e. The molecule has 22 nitrogen and oxygen atoms in total. The van der Waals surface area contributed by atoms with Crippen molar-refractivity contribution < 1.29 is 63.6 Å². The Balaban J connectivity index is 1.06. The van der Waals surface area contributed by atoms with Gasteiger partial charge in [-0.15, -0.1) is 0 Å². The number of aromatic nitrogens is 2. The summed E-state index contributed by atoms with van der Waals surface area (Å²) in [5.74, 6) is -9.93. The SMILES string of the molecule is Nc1nc(/C(=N/OC2(C(=O)O)CCC2)C(=O)C[C@@H]2C(=O)N3C[C@@](C(=O)O)(N4CCN(NC(=O)CCNC(=O)C(=O)c5ccc(O)c(O)c5Cl)C4=O)S[C@H]23)ns1. The number of oxime groups is 1. The third kappa shape index (κ3) is 7.02. The minimum absolute atomic E-state index is 0.0189. The van der Waals surface area contributed by atoms with E-state index in [2.05, 4.69) is 25.3 Å². The number of thioether (sulfide) groups is 1. The predicted molar refractivity (Wildman–Crippen MR) is 186 cm³/mol. The number of Topliss-reactive ketones (excluding diaryl/α,β-unsaturated/α-hetero) is 2. The number of hydrogen-bond acceptors (Lipinski definition) is 17. The van der Waals surface area contributed by atoms with E-state index in [-0.39, 0.29) is 43.4 Å². The molecule has 55 heavy (non-hydrogen) atoms. The van der Waals surface area contributed by atoms with Gasteiger partial charge in [0.1, 0.15) is 0 Å². The molecule has 1 saturated carbocycles. The Kier molecular flexibility index (Phi) is 10.5. The van der Waals surface area contributed by atoms with Crippen molar-refractivity contribution in [1.82, 2.24) is 34.9 Å². The molecule has 5 amide bonds. The predicted octanol–water partition coefficient (Wildman–Crippen LogP) is -0.658. The molecule has 0 spiro atoms. The molecule has 3 atom stereocenters. The van der Waals surface area contributed by atoms with Crippen LogP contribution in [0.1, 0.15) is 48.3 Å². The number of anilines is 1. The number of halogens is 1. The summed E-state index contributed by atoms with van der Waals surface area (Å²) in [6.45, 7) is -1.15. The molecule has 0 bridgehead atoms. The van der Waals surface area contributed by atoms with Crippen LogP contribution in [-0.4, -0.2) is 140 Å². The Morgan fingerprint density at radius 3 is 2.44 bits per heavy atom. The average Bonchev–Trinajstić information content (AvgIpc) is 3.82. The number of ketones is 2. The van der Waals surface area contributed by atoms with Gasteiger partial charge in [0, 0.05) is 50.3 Å². The number of amides is 5. The van der Waals surface area contributed by atoms with Crippen LogP contribution < -0.4 is 16.5 Å². The van der Waals surface area contributed by atoms with Crippen LogP contribution in [0.2, 0.25) is 5.02 Å². The Hall–Kier alpha value is -5.75. The number of nitrogens with one attached hydrogen (secondary N) is 2. The highest BCUT2D eigenvalue weighted by molar-refractivity contribution is 8.02. The van der Waals surface area contributed by atoms with Crippen LogP contribution in [0.4, 0.5) is 9.93 Å². The molecule has 4 aliphatic rings. The Labute approximate surface area is 321 Å². The molecule has 8 N–H and O–H groups in total. The number of nitrogens with two attached hydrogens (primary N) is 1. The number of fused-ring (bicyclic) bond motifs is 1. The molecule has 1 aromatic carbocycles. The minimum atomic E-state index is -2.00. The molecule has 3 saturated heterocycles. The maximum Gasteiger partial charge on any atom is 0.350 e. The first kappa shape index (κ1) is 39.0.